The summed E-state index contributed by atoms with van der Waals surface area (Å²) in [4.78, 5) is 0. The first kappa shape index (κ1) is 28.3. The number of hydrogen-bond acceptors (Lipinski definition) is 4. The molecule has 0 spiro atoms. The Hall–Kier alpha value is -5.48. The molecule has 7 rings (SSSR count). The van der Waals surface area contributed by atoms with E-state index < -0.39 is 0 Å². The molecule has 0 amide bonds. The van der Waals surface area contributed by atoms with Crippen LogP contribution in [0.3, 0.4) is 0 Å². The average molecular weight is 591 g/mol. The highest BCUT2D eigenvalue weighted by atomic mass is 16.7. The van der Waals surface area contributed by atoms with Crippen molar-refractivity contribution in [3.8, 4) is 34.1 Å². The van der Waals surface area contributed by atoms with Gasteiger partial charge in [-0.2, -0.15) is 0 Å². The number of hydrogen-bond donors (Lipinski definition) is 0. The predicted octanol–water partition coefficient (Wildman–Crippen LogP) is 10.5. The molecule has 0 radical (unpaired) electrons. The van der Waals surface area contributed by atoms with Gasteiger partial charge in [0.1, 0.15) is 23.0 Å². The highest BCUT2D eigenvalue weighted by Crippen LogP contribution is 2.47. The topological polar surface area (TPSA) is 36.9 Å². The highest BCUT2D eigenvalue weighted by Gasteiger charge is 2.22. The van der Waals surface area contributed by atoms with Crippen LogP contribution in [0.1, 0.15) is 36.1 Å². The maximum absolute atomic E-state index is 6.14. The van der Waals surface area contributed by atoms with Crippen molar-refractivity contribution in [3.63, 3.8) is 0 Å². The van der Waals surface area contributed by atoms with Gasteiger partial charge in [-0.15, -0.1) is 0 Å². The van der Waals surface area contributed by atoms with Gasteiger partial charge in [0.2, 0.25) is 6.79 Å². The van der Waals surface area contributed by atoms with Gasteiger partial charge in [-0.3, -0.25) is 0 Å². The Morgan fingerprint density at radius 1 is 0.533 bits per heavy atom. The number of ether oxygens (including phenoxy) is 4. The molecule has 0 saturated heterocycles. The first-order valence-electron chi connectivity index (χ1n) is 15.1. The van der Waals surface area contributed by atoms with Gasteiger partial charge in [-0.05, 0) is 117 Å². The second-order valence-electron chi connectivity index (χ2n) is 11.4. The molecule has 45 heavy (non-hydrogen) atoms. The number of rotatable bonds is 6. The van der Waals surface area contributed by atoms with E-state index in [2.05, 4.69) is 111 Å². The van der Waals surface area contributed by atoms with Gasteiger partial charge in [0.25, 0.3) is 0 Å². The van der Waals surface area contributed by atoms with Crippen LogP contribution in [0.4, 0.5) is 0 Å². The van der Waals surface area contributed by atoms with Crippen LogP contribution >= 0.6 is 0 Å². The van der Waals surface area contributed by atoms with Crippen LogP contribution in [0.2, 0.25) is 0 Å². The predicted molar refractivity (Wildman–Crippen MR) is 186 cm³/mol. The van der Waals surface area contributed by atoms with Crippen LogP contribution in [-0.2, 0) is 0 Å². The number of allylic oxidation sites excluding steroid dienone is 2. The van der Waals surface area contributed by atoms with Crippen LogP contribution < -0.4 is 18.9 Å². The van der Waals surface area contributed by atoms with Gasteiger partial charge in [0, 0.05) is 11.1 Å². The largest absolute Gasteiger partial charge is 0.497 e. The summed E-state index contributed by atoms with van der Waals surface area (Å²) in [6.07, 6.45) is 4.44. The van der Waals surface area contributed by atoms with E-state index in [0.717, 1.165) is 77.9 Å². The Labute approximate surface area is 263 Å². The Balaban J connectivity index is 1.29. The number of fused-ring (bicyclic) bond motifs is 7. The van der Waals surface area contributed by atoms with Gasteiger partial charge >= 0.3 is 0 Å². The lowest BCUT2D eigenvalue weighted by Crippen LogP contribution is -2.03. The molecule has 6 aromatic carbocycles. The maximum Gasteiger partial charge on any atom is 0.230 e. The van der Waals surface area contributed by atoms with E-state index in [1.165, 1.54) is 11.1 Å². The molecule has 0 bridgehead atoms. The van der Waals surface area contributed by atoms with E-state index in [1.54, 1.807) is 14.2 Å². The van der Waals surface area contributed by atoms with Crippen molar-refractivity contribution in [2.24, 2.45) is 0 Å². The summed E-state index contributed by atoms with van der Waals surface area (Å²) in [6, 6.07) is 38.0. The molecule has 0 aliphatic carbocycles. The van der Waals surface area contributed by atoms with Crippen molar-refractivity contribution in [2.45, 2.75) is 13.8 Å². The van der Waals surface area contributed by atoms with Gasteiger partial charge in [-0.25, -0.2) is 0 Å². The van der Waals surface area contributed by atoms with E-state index in [4.69, 9.17) is 18.9 Å². The SMILES string of the molecule is COc1ccc(/C(C)=C\c2ccc3c4c(ccc3c2)OCOc2ccc3cc(/C=C(/C)c5ccc(OC)cc5)ccc3c2-4)cc1. The summed E-state index contributed by atoms with van der Waals surface area (Å²) in [7, 11) is 3.37. The summed E-state index contributed by atoms with van der Waals surface area (Å²) < 4.78 is 22.9. The molecule has 1 heterocycles. The van der Waals surface area contributed by atoms with Gasteiger partial charge in [0.15, 0.2) is 0 Å². The molecule has 4 nitrogen and oxygen atoms in total. The fourth-order valence-corrected chi connectivity index (χ4v) is 6.12. The first-order valence-corrected chi connectivity index (χ1v) is 15.1. The van der Waals surface area contributed by atoms with E-state index in [0.29, 0.717) is 0 Å². The Bertz CT molecular complexity index is 1950. The molecule has 0 N–H and O–H groups in total. The van der Waals surface area contributed by atoms with Crippen molar-refractivity contribution in [2.75, 3.05) is 21.0 Å². The number of methoxy groups -OCH3 is 2. The van der Waals surface area contributed by atoms with Gasteiger partial charge < -0.3 is 18.9 Å². The van der Waals surface area contributed by atoms with Crippen molar-refractivity contribution < 1.29 is 18.9 Å². The smallest absolute Gasteiger partial charge is 0.230 e. The third-order valence-corrected chi connectivity index (χ3v) is 8.55. The molecule has 222 valence electrons. The van der Waals surface area contributed by atoms with Crippen LogP contribution in [0.5, 0.6) is 23.0 Å². The first-order chi connectivity index (χ1) is 22.0. The molecule has 1 aliphatic heterocycles. The second-order valence-corrected chi connectivity index (χ2v) is 11.4. The molecule has 6 aromatic rings. The average Bonchev–Trinajstić information content (AvgIpc) is 3.28. The summed E-state index contributed by atoms with van der Waals surface area (Å²) in [5.41, 5.74) is 9.11. The zero-order valence-corrected chi connectivity index (χ0v) is 25.9. The van der Waals surface area contributed by atoms with Crippen molar-refractivity contribution in [1.29, 1.82) is 0 Å². The fraction of sp³-hybridized carbons (Fsp3) is 0.122. The Morgan fingerprint density at radius 3 is 1.36 bits per heavy atom. The molecule has 0 aromatic heterocycles. The maximum atomic E-state index is 6.14. The van der Waals surface area contributed by atoms with E-state index in [1.807, 2.05) is 24.3 Å². The summed E-state index contributed by atoms with van der Waals surface area (Å²) in [6.45, 7) is 4.44. The second kappa shape index (κ2) is 11.9. The molecule has 1 aliphatic rings. The van der Waals surface area contributed by atoms with Crippen LogP contribution in [0, 0.1) is 0 Å². The molecule has 0 atom stereocenters. The van der Waals surface area contributed by atoms with Crippen LogP contribution in [-0.4, -0.2) is 21.0 Å². The molecule has 4 heteroatoms. The molecule has 0 unspecified atom stereocenters. The summed E-state index contributed by atoms with van der Waals surface area (Å²) in [5, 5.41) is 4.55. The lowest BCUT2D eigenvalue weighted by Gasteiger charge is -2.15. The minimum atomic E-state index is 0.167. The Morgan fingerprint density at radius 2 is 0.956 bits per heavy atom. The molecular formula is C41H34O4. The lowest BCUT2D eigenvalue weighted by molar-refractivity contribution is 0.125. The van der Waals surface area contributed by atoms with Crippen molar-refractivity contribution in [1.82, 2.24) is 0 Å². The minimum absolute atomic E-state index is 0.167. The van der Waals surface area contributed by atoms with E-state index in [9.17, 15) is 0 Å². The van der Waals surface area contributed by atoms with E-state index >= 15 is 0 Å². The summed E-state index contributed by atoms with van der Waals surface area (Å²) in [5.74, 6) is 3.36. The molecule has 0 saturated carbocycles. The lowest BCUT2D eigenvalue weighted by atomic mass is 9.90. The standard InChI is InChI=1S/C41H34O4/c1-26(30-7-13-34(42-3)14-8-30)21-28-5-17-36-32(23-28)11-19-38-40(36)41-37-18-6-29(24-33(37)12-20-39(41)45-25-44-38)22-27(2)31-9-15-35(43-4)16-10-31/h5-24H,25H2,1-4H3/b26-21-,27-22-. The molecule has 0 fully saturated rings. The van der Waals surface area contributed by atoms with Crippen LogP contribution in [0.15, 0.2) is 109 Å². The third kappa shape index (κ3) is 5.51. The van der Waals surface area contributed by atoms with Crippen molar-refractivity contribution >= 4 is 44.8 Å². The zero-order valence-electron chi connectivity index (χ0n) is 25.9. The monoisotopic (exact) mass is 590 g/mol. The van der Waals surface area contributed by atoms with Gasteiger partial charge in [0.05, 0.1) is 14.2 Å². The molecular weight excluding hydrogens is 556 g/mol. The minimum Gasteiger partial charge on any atom is -0.497 e. The van der Waals surface area contributed by atoms with Gasteiger partial charge in [-0.1, -0.05) is 72.8 Å². The van der Waals surface area contributed by atoms with Crippen molar-refractivity contribution in [3.05, 3.63) is 131 Å². The summed E-state index contributed by atoms with van der Waals surface area (Å²) >= 11 is 0. The highest BCUT2D eigenvalue weighted by molar-refractivity contribution is 6.10. The number of benzene rings is 6. The third-order valence-electron chi connectivity index (χ3n) is 8.55. The zero-order chi connectivity index (χ0) is 30.9. The Kier molecular flexibility index (Phi) is 7.48. The quantitative estimate of drug-likeness (QED) is 0.181. The van der Waals surface area contributed by atoms with E-state index in [-0.39, 0.29) is 6.79 Å². The fourth-order valence-electron chi connectivity index (χ4n) is 6.12. The normalized spacial score (nSPS) is 13.0. The van der Waals surface area contributed by atoms with Crippen LogP contribution in [0.25, 0.3) is 56.0 Å².